The number of hydrogen-bond donors (Lipinski definition) is 1. The predicted octanol–water partition coefficient (Wildman–Crippen LogP) is 1.57. The SMILES string of the molecule is CCOc1ccc(NC(=O)CN2C(=O)CCC2=O)cc1OCC. The fraction of sp³-hybridized carbons (Fsp3) is 0.438. The van der Waals surface area contributed by atoms with E-state index in [1.165, 1.54) is 0 Å². The van der Waals surface area contributed by atoms with Gasteiger partial charge < -0.3 is 14.8 Å². The molecule has 0 atom stereocenters. The molecule has 3 amide bonds. The van der Waals surface area contributed by atoms with Crippen molar-refractivity contribution in [2.45, 2.75) is 26.7 Å². The van der Waals surface area contributed by atoms with E-state index in [2.05, 4.69) is 5.32 Å². The van der Waals surface area contributed by atoms with Crippen LogP contribution in [-0.2, 0) is 14.4 Å². The molecule has 7 heteroatoms. The second kappa shape index (κ2) is 7.62. The van der Waals surface area contributed by atoms with Crippen LogP contribution in [0.4, 0.5) is 5.69 Å². The van der Waals surface area contributed by atoms with Gasteiger partial charge in [0.1, 0.15) is 6.54 Å². The zero-order valence-corrected chi connectivity index (χ0v) is 13.3. The number of likely N-dealkylation sites (tertiary alicyclic amines) is 1. The molecule has 23 heavy (non-hydrogen) atoms. The Bertz CT molecular complexity index is 598. The Morgan fingerprint density at radius 2 is 1.70 bits per heavy atom. The molecule has 0 aromatic heterocycles. The molecular formula is C16H20N2O5. The topological polar surface area (TPSA) is 84.9 Å². The third-order valence-corrected chi connectivity index (χ3v) is 3.28. The fourth-order valence-corrected chi connectivity index (χ4v) is 2.27. The molecule has 1 fully saturated rings. The number of carbonyl (C=O) groups excluding carboxylic acids is 3. The van der Waals surface area contributed by atoms with Crippen LogP contribution in [0.15, 0.2) is 18.2 Å². The smallest absolute Gasteiger partial charge is 0.244 e. The first-order valence-electron chi connectivity index (χ1n) is 7.57. The maximum absolute atomic E-state index is 12.0. The first-order chi connectivity index (χ1) is 11.0. The summed E-state index contributed by atoms with van der Waals surface area (Å²) in [5.74, 6) is 0.0663. The lowest BCUT2D eigenvalue weighted by molar-refractivity contribution is -0.141. The van der Waals surface area contributed by atoms with Crippen molar-refractivity contribution in [2.75, 3.05) is 25.1 Å². The lowest BCUT2D eigenvalue weighted by Crippen LogP contribution is -2.36. The number of carbonyl (C=O) groups is 3. The zero-order valence-electron chi connectivity index (χ0n) is 13.3. The largest absolute Gasteiger partial charge is 0.490 e. The molecule has 0 bridgehead atoms. The third-order valence-electron chi connectivity index (χ3n) is 3.28. The minimum atomic E-state index is -0.430. The molecule has 0 spiro atoms. The molecule has 2 rings (SSSR count). The predicted molar refractivity (Wildman–Crippen MR) is 83.4 cm³/mol. The highest BCUT2D eigenvalue weighted by molar-refractivity contribution is 6.06. The lowest BCUT2D eigenvalue weighted by atomic mass is 10.2. The molecule has 0 unspecified atom stereocenters. The van der Waals surface area contributed by atoms with Crippen LogP contribution >= 0.6 is 0 Å². The van der Waals surface area contributed by atoms with E-state index in [9.17, 15) is 14.4 Å². The van der Waals surface area contributed by atoms with Gasteiger partial charge in [-0.2, -0.15) is 0 Å². The van der Waals surface area contributed by atoms with Crippen molar-refractivity contribution in [1.29, 1.82) is 0 Å². The molecule has 1 aliphatic heterocycles. The van der Waals surface area contributed by atoms with E-state index in [-0.39, 0.29) is 31.2 Å². The molecule has 124 valence electrons. The second-order valence-corrected chi connectivity index (χ2v) is 4.95. The summed E-state index contributed by atoms with van der Waals surface area (Å²) >= 11 is 0. The van der Waals surface area contributed by atoms with E-state index < -0.39 is 5.91 Å². The van der Waals surface area contributed by atoms with Crippen molar-refractivity contribution in [2.24, 2.45) is 0 Å². The standard InChI is InChI=1S/C16H20N2O5/c1-3-22-12-6-5-11(9-13(12)23-4-2)17-14(19)10-18-15(20)7-8-16(18)21/h5-6,9H,3-4,7-8,10H2,1-2H3,(H,17,19). The number of benzene rings is 1. The highest BCUT2D eigenvalue weighted by Crippen LogP contribution is 2.30. The van der Waals surface area contributed by atoms with Crippen LogP contribution < -0.4 is 14.8 Å². The Kier molecular flexibility index (Phi) is 5.56. The maximum atomic E-state index is 12.0. The molecule has 1 aromatic carbocycles. The van der Waals surface area contributed by atoms with Crippen molar-refractivity contribution in [3.8, 4) is 11.5 Å². The van der Waals surface area contributed by atoms with E-state index in [0.717, 1.165) is 4.90 Å². The molecule has 1 aromatic rings. The molecule has 1 saturated heterocycles. The number of nitrogens with one attached hydrogen (secondary N) is 1. The summed E-state index contributed by atoms with van der Waals surface area (Å²) in [6.45, 7) is 4.43. The molecule has 0 aliphatic carbocycles. The Morgan fingerprint density at radius 1 is 1.09 bits per heavy atom. The Balaban J connectivity index is 2.04. The van der Waals surface area contributed by atoms with Gasteiger partial charge in [-0.25, -0.2) is 0 Å². The number of nitrogens with zero attached hydrogens (tertiary/aromatic N) is 1. The van der Waals surface area contributed by atoms with Crippen molar-refractivity contribution in [1.82, 2.24) is 4.90 Å². The fourth-order valence-electron chi connectivity index (χ4n) is 2.27. The van der Waals surface area contributed by atoms with E-state index in [1.807, 2.05) is 13.8 Å². The van der Waals surface area contributed by atoms with Crippen LogP contribution in [0.3, 0.4) is 0 Å². The molecule has 0 radical (unpaired) electrons. The Labute approximate surface area is 134 Å². The van der Waals surface area contributed by atoms with E-state index in [0.29, 0.717) is 30.4 Å². The van der Waals surface area contributed by atoms with Crippen LogP contribution in [0.5, 0.6) is 11.5 Å². The van der Waals surface area contributed by atoms with Gasteiger partial charge >= 0.3 is 0 Å². The minimum Gasteiger partial charge on any atom is -0.490 e. The normalized spacial score (nSPS) is 14.1. The number of amides is 3. The van der Waals surface area contributed by atoms with Crippen molar-refractivity contribution in [3.63, 3.8) is 0 Å². The maximum Gasteiger partial charge on any atom is 0.244 e. The van der Waals surface area contributed by atoms with Gasteiger partial charge in [0.15, 0.2) is 11.5 Å². The van der Waals surface area contributed by atoms with E-state index >= 15 is 0 Å². The van der Waals surface area contributed by atoms with Gasteiger partial charge in [0, 0.05) is 24.6 Å². The van der Waals surface area contributed by atoms with Gasteiger partial charge in [-0.05, 0) is 26.0 Å². The van der Waals surface area contributed by atoms with Gasteiger partial charge in [-0.15, -0.1) is 0 Å². The van der Waals surface area contributed by atoms with Crippen LogP contribution in [0.2, 0.25) is 0 Å². The van der Waals surface area contributed by atoms with Gasteiger partial charge in [0.05, 0.1) is 13.2 Å². The third kappa shape index (κ3) is 4.21. The molecule has 1 heterocycles. The molecular weight excluding hydrogens is 300 g/mol. The number of imide groups is 1. The van der Waals surface area contributed by atoms with Crippen LogP contribution in [-0.4, -0.2) is 42.4 Å². The summed E-state index contributed by atoms with van der Waals surface area (Å²) in [7, 11) is 0. The number of ether oxygens (including phenoxy) is 2. The first kappa shape index (κ1) is 16.8. The number of rotatable bonds is 7. The van der Waals surface area contributed by atoms with Crippen LogP contribution in [0, 0.1) is 0 Å². The Hall–Kier alpha value is -2.57. The van der Waals surface area contributed by atoms with Crippen molar-refractivity contribution in [3.05, 3.63) is 18.2 Å². The second-order valence-electron chi connectivity index (χ2n) is 4.95. The van der Waals surface area contributed by atoms with Gasteiger partial charge in [-0.1, -0.05) is 0 Å². The molecule has 1 aliphatic rings. The van der Waals surface area contributed by atoms with E-state index in [1.54, 1.807) is 18.2 Å². The van der Waals surface area contributed by atoms with Crippen LogP contribution in [0.1, 0.15) is 26.7 Å². The van der Waals surface area contributed by atoms with Crippen LogP contribution in [0.25, 0.3) is 0 Å². The number of hydrogen-bond acceptors (Lipinski definition) is 5. The Morgan fingerprint density at radius 3 is 2.30 bits per heavy atom. The summed E-state index contributed by atoms with van der Waals surface area (Å²) in [5.41, 5.74) is 0.515. The molecule has 1 N–H and O–H groups in total. The molecule has 7 nitrogen and oxygen atoms in total. The van der Waals surface area contributed by atoms with E-state index in [4.69, 9.17) is 9.47 Å². The average Bonchev–Trinajstić information content (AvgIpc) is 2.82. The first-order valence-corrected chi connectivity index (χ1v) is 7.57. The summed E-state index contributed by atoms with van der Waals surface area (Å²) in [6.07, 6.45) is 0.341. The minimum absolute atomic E-state index is 0.170. The lowest BCUT2D eigenvalue weighted by Gasteiger charge is -2.15. The highest BCUT2D eigenvalue weighted by atomic mass is 16.5. The van der Waals surface area contributed by atoms with Crippen molar-refractivity contribution >= 4 is 23.4 Å². The average molecular weight is 320 g/mol. The quantitative estimate of drug-likeness (QED) is 0.771. The summed E-state index contributed by atoms with van der Waals surface area (Å²) in [5, 5.41) is 2.66. The van der Waals surface area contributed by atoms with Gasteiger partial charge in [0.25, 0.3) is 0 Å². The zero-order chi connectivity index (χ0) is 16.8. The summed E-state index contributed by atoms with van der Waals surface area (Å²) in [4.78, 5) is 36.0. The van der Waals surface area contributed by atoms with Gasteiger partial charge in [0.2, 0.25) is 17.7 Å². The monoisotopic (exact) mass is 320 g/mol. The van der Waals surface area contributed by atoms with Crippen molar-refractivity contribution < 1.29 is 23.9 Å². The highest BCUT2D eigenvalue weighted by Gasteiger charge is 2.30. The summed E-state index contributed by atoms with van der Waals surface area (Å²) < 4.78 is 10.9. The molecule has 0 saturated carbocycles. The summed E-state index contributed by atoms with van der Waals surface area (Å²) in [6, 6.07) is 5.04. The number of anilines is 1. The van der Waals surface area contributed by atoms with Gasteiger partial charge in [-0.3, -0.25) is 19.3 Å².